The molecule has 1 unspecified atom stereocenters. The smallest absolute Gasteiger partial charge is 0.325 e. The van der Waals surface area contributed by atoms with E-state index in [0.29, 0.717) is 13.1 Å². The van der Waals surface area contributed by atoms with E-state index in [4.69, 9.17) is 0 Å². The van der Waals surface area contributed by atoms with Crippen LogP contribution < -0.4 is 5.32 Å². The largest absolute Gasteiger partial charge is 0.332 e. The van der Waals surface area contributed by atoms with E-state index in [9.17, 15) is 14.4 Å². The Labute approximate surface area is 145 Å². The Bertz CT molecular complexity index is 669. The first-order chi connectivity index (χ1) is 11.5. The highest BCUT2D eigenvalue weighted by Gasteiger charge is 2.56. The number of nitrogens with zero attached hydrogens (tertiary/aromatic N) is 2. The molecular formula is C17H21N3O3S. The SMILES string of the molecule is C=CCN(Cc1cccs1)C(=O)CN1C(=O)NC(C)(C2CC2)C1=O. The lowest BCUT2D eigenvalue weighted by Gasteiger charge is -2.24. The van der Waals surface area contributed by atoms with Gasteiger partial charge in [0.15, 0.2) is 0 Å². The molecule has 1 aromatic heterocycles. The highest BCUT2D eigenvalue weighted by atomic mass is 32.1. The van der Waals surface area contributed by atoms with Crippen LogP contribution in [0.15, 0.2) is 30.2 Å². The number of nitrogens with one attached hydrogen (secondary N) is 1. The summed E-state index contributed by atoms with van der Waals surface area (Å²) in [7, 11) is 0. The predicted molar refractivity (Wildman–Crippen MR) is 91.3 cm³/mol. The number of thiophene rings is 1. The van der Waals surface area contributed by atoms with Gasteiger partial charge in [0.25, 0.3) is 5.91 Å². The van der Waals surface area contributed by atoms with Gasteiger partial charge in [0.05, 0.1) is 6.54 Å². The molecule has 0 bridgehead atoms. The zero-order valence-electron chi connectivity index (χ0n) is 13.7. The lowest BCUT2D eigenvalue weighted by molar-refractivity contribution is -0.139. The molecule has 3 rings (SSSR count). The predicted octanol–water partition coefficient (Wildman–Crippen LogP) is 1.98. The Hall–Kier alpha value is -2.15. The zero-order valence-corrected chi connectivity index (χ0v) is 14.5. The highest BCUT2D eigenvalue weighted by molar-refractivity contribution is 7.09. The molecule has 2 heterocycles. The Kier molecular flexibility index (Phi) is 4.45. The number of carbonyl (C=O) groups excluding carboxylic acids is 3. The molecule has 1 aliphatic carbocycles. The number of imide groups is 1. The molecule has 24 heavy (non-hydrogen) atoms. The van der Waals surface area contributed by atoms with Gasteiger partial charge in [-0.2, -0.15) is 0 Å². The van der Waals surface area contributed by atoms with Crippen LogP contribution in [0, 0.1) is 5.92 Å². The summed E-state index contributed by atoms with van der Waals surface area (Å²) in [6.07, 6.45) is 3.52. The third kappa shape index (κ3) is 3.08. The van der Waals surface area contributed by atoms with Gasteiger partial charge in [0, 0.05) is 11.4 Å². The summed E-state index contributed by atoms with van der Waals surface area (Å²) >= 11 is 1.56. The maximum absolute atomic E-state index is 12.6. The van der Waals surface area contributed by atoms with Gasteiger partial charge in [-0.05, 0) is 37.1 Å². The van der Waals surface area contributed by atoms with Crippen molar-refractivity contribution >= 4 is 29.2 Å². The Balaban J connectivity index is 1.69. The molecule has 1 aliphatic heterocycles. The summed E-state index contributed by atoms with van der Waals surface area (Å²) in [5, 5.41) is 4.71. The molecule has 128 valence electrons. The minimum Gasteiger partial charge on any atom is -0.332 e. The van der Waals surface area contributed by atoms with Crippen LogP contribution in [-0.4, -0.2) is 46.3 Å². The van der Waals surface area contributed by atoms with Crippen LogP contribution >= 0.6 is 11.3 Å². The van der Waals surface area contributed by atoms with Gasteiger partial charge in [0.2, 0.25) is 5.91 Å². The van der Waals surface area contributed by atoms with Crippen molar-refractivity contribution in [3.63, 3.8) is 0 Å². The molecule has 0 radical (unpaired) electrons. The number of hydrogen-bond donors (Lipinski definition) is 1. The van der Waals surface area contributed by atoms with E-state index < -0.39 is 11.6 Å². The lowest BCUT2D eigenvalue weighted by atomic mass is 9.96. The summed E-state index contributed by atoms with van der Waals surface area (Å²) in [4.78, 5) is 41.1. The molecule has 1 aromatic rings. The average Bonchev–Trinajstić information content (AvgIpc) is 3.25. The van der Waals surface area contributed by atoms with Crippen LogP contribution in [0.5, 0.6) is 0 Å². The van der Waals surface area contributed by atoms with Crippen LogP contribution in [0.3, 0.4) is 0 Å². The second-order valence-corrected chi connectivity index (χ2v) is 7.47. The first-order valence-electron chi connectivity index (χ1n) is 8.01. The Morgan fingerprint density at radius 1 is 1.54 bits per heavy atom. The summed E-state index contributed by atoms with van der Waals surface area (Å²) in [6.45, 7) is 6.03. The number of amides is 4. The standard InChI is InChI=1S/C17H21N3O3S/c1-3-8-19(10-13-5-4-9-24-13)14(21)11-20-15(22)17(2,12-6-7-12)18-16(20)23/h3-5,9,12H,1,6-8,10-11H2,2H3,(H,18,23). The molecule has 7 heteroatoms. The van der Waals surface area contributed by atoms with E-state index >= 15 is 0 Å². The first kappa shape index (κ1) is 16.7. The van der Waals surface area contributed by atoms with Gasteiger partial charge >= 0.3 is 6.03 Å². The first-order valence-corrected chi connectivity index (χ1v) is 8.89. The van der Waals surface area contributed by atoms with Crippen molar-refractivity contribution < 1.29 is 14.4 Å². The summed E-state index contributed by atoms with van der Waals surface area (Å²) in [6, 6.07) is 3.40. The van der Waals surface area contributed by atoms with E-state index in [2.05, 4.69) is 11.9 Å². The average molecular weight is 347 g/mol. The van der Waals surface area contributed by atoms with Crippen molar-refractivity contribution in [3.8, 4) is 0 Å². The maximum Gasteiger partial charge on any atom is 0.325 e. The van der Waals surface area contributed by atoms with Crippen LogP contribution in [-0.2, 0) is 16.1 Å². The van der Waals surface area contributed by atoms with E-state index in [0.717, 1.165) is 22.6 Å². The molecular weight excluding hydrogens is 326 g/mol. The third-order valence-corrected chi connectivity index (χ3v) is 5.48. The number of carbonyl (C=O) groups is 3. The number of urea groups is 1. The molecule has 0 spiro atoms. The van der Waals surface area contributed by atoms with Gasteiger partial charge in [-0.3, -0.25) is 14.5 Å². The Morgan fingerprint density at radius 3 is 2.88 bits per heavy atom. The van der Waals surface area contributed by atoms with E-state index in [1.165, 1.54) is 0 Å². The van der Waals surface area contributed by atoms with Crippen molar-refractivity contribution in [1.29, 1.82) is 0 Å². The normalized spacial score (nSPS) is 23.3. The fourth-order valence-electron chi connectivity index (χ4n) is 3.03. The highest BCUT2D eigenvalue weighted by Crippen LogP contribution is 2.42. The second-order valence-electron chi connectivity index (χ2n) is 6.44. The molecule has 1 saturated carbocycles. The van der Waals surface area contributed by atoms with Crippen LogP contribution in [0.1, 0.15) is 24.6 Å². The van der Waals surface area contributed by atoms with Crippen LogP contribution in [0.25, 0.3) is 0 Å². The van der Waals surface area contributed by atoms with Crippen molar-refractivity contribution in [1.82, 2.24) is 15.1 Å². The lowest BCUT2D eigenvalue weighted by Crippen LogP contribution is -2.47. The molecule has 1 N–H and O–H groups in total. The van der Waals surface area contributed by atoms with E-state index in [1.807, 2.05) is 17.5 Å². The van der Waals surface area contributed by atoms with Crippen LogP contribution in [0.4, 0.5) is 4.79 Å². The van der Waals surface area contributed by atoms with Crippen molar-refractivity contribution in [3.05, 3.63) is 35.0 Å². The van der Waals surface area contributed by atoms with Crippen molar-refractivity contribution in [2.75, 3.05) is 13.1 Å². The fourth-order valence-corrected chi connectivity index (χ4v) is 3.75. The zero-order chi connectivity index (χ0) is 17.3. The molecule has 4 amide bonds. The van der Waals surface area contributed by atoms with Gasteiger partial charge in [-0.15, -0.1) is 17.9 Å². The molecule has 1 saturated heterocycles. The second kappa shape index (κ2) is 6.39. The molecule has 2 aliphatic rings. The fraction of sp³-hybridized carbons (Fsp3) is 0.471. The third-order valence-electron chi connectivity index (χ3n) is 4.62. The Morgan fingerprint density at radius 2 is 2.29 bits per heavy atom. The maximum atomic E-state index is 12.6. The summed E-state index contributed by atoms with van der Waals surface area (Å²) in [5.41, 5.74) is -0.853. The van der Waals surface area contributed by atoms with Crippen molar-refractivity contribution in [2.45, 2.75) is 31.8 Å². The van der Waals surface area contributed by atoms with Gasteiger partial charge in [-0.1, -0.05) is 12.1 Å². The number of hydrogen-bond acceptors (Lipinski definition) is 4. The summed E-state index contributed by atoms with van der Waals surface area (Å²) < 4.78 is 0. The van der Waals surface area contributed by atoms with Crippen molar-refractivity contribution in [2.24, 2.45) is 5.92 Å². The molecule has 0 aromatic carbocycles. The minimum absolute atomic E-state index is 0.185. The molecule has 1 atom stereocenters. The minimum atomic E-state index is -0.853. The van der Waals surface area contributed by atoms with E-state index in [-0.39, 0.29) is 24.3 Å². The van der Waals surface area contributed by atoms with Gasteiger partial charge in [-0.25, -0.2) is 4.79 Å². The molecule has 6 nitrogen and oxygen atoms in total. The number of rotatable bonds is 7. The van der Waals surface area contributed by atoms with Gasteiger partial charge in [0.1, 0.15) is 12.1 Å². The topological polar surface area (TPSA) is 69.7 Å². The van der Waals surface area contributed by atoms with Crippen LogP contribution in [0.2, 0.25) is 0 Å². The van der Waals surface area contributed by atoms with Gasteiger partial charge < -0.3 is 10.2 Å². The van der Waals surface area contributed by atoms with E-state index in [1.54, 1.807) is 29.2 Å². The molecule has 2 fully saturated rings. The monoisotopic (exact) mass is 347 g/mol. The summed E-state index contributed by atoms with van der Waals surface area (Å²) in [5.74, 6) is -0.366. The quantitative estimate of drug-likeness (QED) is 0.606.